The Balaban J connectivity index is 1.94. The predicted molar refractivity (Wildman–Crippen MR) is 112 cm³/mol. The van der Waals surface area contributed by atoms with Gasteiger partial charge in [-0.25, -0.2) is 0 Å². The molecule has 0 saturated carbocycles. The molecule has 0 spiro atoms. The lowest BCUT2D eigenvalue weighted by atomic mass is 10.1. The molecule has 3 rings (SSSR count). The number of nitro groups is 1. The highest BCUT2D eigenvalue weighted by molar-refractivity contribution is 6.01. The SMILES string of the molecule is NNC(=C([O-])Nc1ccc([N+](=O)[O-])cc1)C(C1=Nc2cc(N([O-])O)ccc2NC1)N([O-])O. The second-order valence-corrected chi connectivity index (χ2v) is 6.45. The molecule has 1 heterocycles. The van der Waals surface area contributed by atoms with E-state index in [-0.39, 0.29) is 40.2 Å². The first-order chi connectivity index (χ1) is 15.2. The minimum atomic E-state index is -1.67. The van der Waals surface area contributed by atoms with Crippen LogP contribution in [0.2, 0.25) is 0 Å². The Labute approximate surface area is 179 Å². The van der Waals surface area contributed by atoms with Crippen LogP contribution in [0.25, 0.3) is 0 Å². The molecule has 1 aliphatic rings. The number of hydrazine groups is 1. The second kappa shape index (κ2) is 9.43. The fraction of sp³-hybridized carbons (Fsp3) is 0.118. The molecule has 2 aromatic rings. The van der Waals surface area contributed by atoms with Crippen LogP contribution in [0.5, 0.6) is 0 Å². The molecule has 1 aliphatic heterocycles. The van der Waals surface area contributed by atoms with Crippen molar-refractivity contribution in [2.75, 3.05) is 22.4 Å². The smallest absolute Gasteiger partial charge is 0.269 e. The second-order valence-electron chi connectivity index (χ2n) is 6.45. The van der Waals surface area contributed by atoms with Gasteiger partial charge in [0.15, 0.2) is 0 Å². The normalized spacial score (nSPS) is 14.5. The van der Waals surface area contributed by atoms with Gasteiger partial charge in [-0.2, -0.15) is 0 Å². The minimum Gasteiger partial charge on any atom is -0.859 e. The topological polar surface area (TPSA) is 234 Å². The molecule has 1 atom stereocenters. The van der Waals surface area contributed by atoms with Crippen molar-refractivity contribution in [3.8, 4) is 0 Å². The van der Waals surface area contributed by atoms with Gasteiger partial charge < -0.3 is 42.0 Å². The molecule has 7 N–H and O–H groups in total. The fourth-order valence-electron chi connectivity index (χ4n) is 2.96. The third-order valence-corrected chi connectivity index (χ3v) is 4.47. The van der Waals surface area contributed by atoms with Gasteiger partial charge in [-0.1, -0.05) is 0 Å². The number of nitrogens with two attached hydrogens (primary N) is 1. The summed E-state index contributed by atoms with van der Waals surface area (Å²) >= 11 is 0. The average Bonchev–Trinajstić information content (AvgIpc) is 2.76. The number of hydroxylamine groups is 2. The molecule has 0 bridgehead atoms. The van der Waals surface area contributed by atoms with Crippen molar-refractivity contribution in [3.63, 3.8) is 0 Å². The number of aliphatic imine (C=N–C) groups is 1. The summed E-state index contributed by atoms with van der Waals surface area (Å²) in [7, 11) is 0. The summed E-state index contributed by atoms with van der Waals surface area (Å²) in [5.41, 5.74) is 2.05. The summed E-state index contributed by atoms with van der Waals surface area (Å²) in [6.45, 7) is -0.0630. The van der Waals surface area contributed by atoms with Crippen LogP contribution in [-0.2, 0) is 0 Å². The Kier molecular flexibility index (Phi) is 6.69. The molecule has 0 aliphatic carbocycles. The van der Waals surface area contributed by atoms with Crippen LogP contribution in [0.3, 0.4) is 0 Å². The highest BCUT2D eigenvalue weighted by Gasteiger charge is 2.26. The van der Waals surface area contributed by atoms with E-state index in [0.717, 1.165) is 0 Å². The number of fused-ring (bicyclic) bond motifs is 1. The monoisotopic (exact) mass is 445 g/mol. The quantitative estimate of drug-likeness (QED) is 0.140. The van der Waals surface area contributed by atoms with Crippen LogP contribution in [0.1, 0.15) is 0 Å². The third-order valence-electron chi connectivity index (χ3n) is 4.47. The molecule has 2 aromatic carbocycles. The molecule has 0 radical (unpaired) electrons. The lowest BCUT2D eigenvalue weighted by molar-refractivity contribution is -0.384. The number of hydrogen-bond acceptors (Lipinski definition) is 14. The van der Waals surface area contributed by atoms with E-state index >= 15 is 0 Å². The van der Waals surface area contributed by atoms with Gasteiger partial charge in [0.05, 0.1) is 39.9 Å². The first kappa shape index (κ1) is 22.7. The Hall–Kier alpha value is -3.99. The van der Waals surface area contributed by atoms with E-state index in [0.29, 0.717) is 5.69 Å². The van der Waals surface area contributed by atoms with Gasteiger partial charge in [-0.15, -0.1) is 0 Å². The minimum absolute atomic E-state index is 0.0330. The maximum Gasteiger partial charge on any atom is 0.269 e. The molecular weight excluding hydrogens is 428 g/mol. The summed E-state index contributed by atoms with van der Waals surface area (Å²) < 4.78 is 0. The number of nitrogens with one attached hydrogen (secondary N) is 3. The van der Waals surface area contributed by atoms with Crippen LogP contribution >= 0.6 is 0 Å². The van der Waals surface area contributed by atoms with Crippen molar-refractivity contribution in [1.82, 2.24) is 10.7 Å². The van der Waals surface area contributed by atoms with E-state index in [1.807, 2.05) is 0 Å². The van der Waals surface area contributed by atoms with Gasteiger partial charge in [0.2, 0.25) is 0 Å². The van der Waals surface area contributed by atoms with E-state index in [1.165, 1.54) is 42.5 Å². The fourth-order valence-corrected chi connectivity index (χ4v) is 2.96. The zero-order valence-corrected chi connectivity index (χ0v) is 16.1. The lowest BCUT2D eigenvalue weighted by Crippen LogP contribution is -2.48. The number of nitro benzene ring substituents is 1. The maximum absolute atomic E-state index is 12.7. The van der Waals surface area contributed by atoms with Gasteiger partial charge in [0.1, 0.15) is 6.04 Å². The van der Waals surface area contributed by atoms with Crippen LogP contribution in [0.15, 0.2) is 59.0 Å². The Bertz CT molecular complexity index is 1060. The van der Waals surface area contributed by atoms with Gasteiger partial charge in [-0.05, 0) is 36.2 Å². The van der Waals surface area contributed by atoms with E-state index in [9.17, 15) is 30.8 Å². The first-order valence-electron chi connectivity index (χ1n) is 8.87. The van der Waals surface area contributed by atoms with Crippen molar-refractivity contribution in [2.45, 2.75) is 6.04 Å². The summed E-state index contributed by atoms with van der Waals surface area (Å²) in [5.74, 6) is 4.51. The maximum atomic E-state index is 12.7. The van der Waals surface area contributed by atoms with Crippen LogP contribution in [-0.4, -0.2) is 38.9 Å². The molecule has 0 aromatic heterocycles. The molecular formula is C17H17N8O7-3. The van der Waals surface area contributed by atoms with Crippen molar-refractivity contribution < 1.29 is 20.4 Å². The Morgan fingerprint density at radius 2 is 1.91 bits per heavy atom. The van der Waals surface area contributed by atoms with Gasteiger partial charge >= 0.3 is 0 Å². The molecule has 0 saturated heterocycles. The van der Waals surface area contributed by atoms with Crippen molar-refractivity contribution in [3.05, 3.63) is 74.6 Å². The zero-order valence-electron chi connectivity index (χ0n) is 16.1. The first-order valence-corrected chi connectivity index (χ1v) is 8.87. The van der Waals surface area contributed by atoms with Crippen LogP contribution in [0, 0.1) is 20.5 Å². The van der Waals surface area contributed by atoms with E-state index in [4.69, 9.17) is 11.0 Å². The molecule has 170 valence electrons. The van der Waals surface area contributed by atoms with Crippen LogP contribution in [0.4, 0.5) is 28.4 Å². The molecule has 15 nitrogen and oxygen atoms in total. The standard InChI is InChI=1S/C17H18N8O7/c18-22-15(17(26)20-9-1-3-10(4-2-9)23(27)28)16(25(31)32)14-8-19-12-6-5-11(24(29)30)7-13(12)21-14/h1-7,16,19-20,22,26,29,31H,8,18H2/q-2/p-1. The number of anilines is 3. The molecule has 15 heteroatoms. The van der Waals surface area contributed by atoms with Crippen molar-refractivity contribution >= 4 is 34.1 Å². The number of rotatable bonds is 8. The van der Waals surface area contributed by atoms with Gasteiger partial charge in [0, 0.05) is 17.8 Å². The van der Waals surface area contributed by atoms with Crippen molar-refractivity contribution in [2.24, 2.45) is 10.8 Å². The zero-order chi connectivity index (χ0) is 23.4. The highest BCUT2D eigenvalue weighted by atomic mass is 16.8. The summed E-state index contributed by atoms with van der Waals surface area (Å²) in [6.07, 6.45) is 0. The molecule has 32 heavy (non-hydrogen) atoms. The summed E-state index contributed by atoms with van der Waals surface area (Å²) in [6, 6.07) is 7.24. The lowest BCUT2D eigenvalue weighted by Gasteiger charge is -2.37. The Morgan fingerprint density at radius 3 is 2.47 bits per heavy atom. The van der Waals surface area contributed by atoms with E-state index in [1.54, 1.807) is 0 Å². The van der Waals surface area contributed by atoms with Crippen LogP contribution < -0.4 is 32.2 Å². The Morgan fingerprint density at radius 1 is 1.22 bits per heavy atom. The molecule has 1 unspecified atom stereocenters. The molecule has 0 amide bonds. The van der Waals surface area contributed by atoms with Gasteiger partial charge in [0.25, 0.3) is 5.69 Å². The van der Waals surface area contributed by atoms with E-state index < -0.39 is 27.8 Å². The summed E-state index contributed by atoms with van der Waals surface area (Å²) in [4.78, 5) is 14.3. The van der Waals surface area contributed by atoms with Gasteiger partial charge in [-0.3, -0.25) is 31.4 Å². The number of non-ortho nitro benzene ring substituents is 1. The third kappa shape index (κ3) is 4.83. The highest BCUT2D eigenvalue weighted by Crippen LogP contribution is 2.33. The predicted octanol–water partition coefficient (Wildman–Crippen LogP) is 0.449. The van der Waals surface area contributed by atoms with Crippen molar-refractivity contribution in [1.29, 1.82) is 0 Å². The number of hydrogen-bond donors (Lipinski definition) is 6. The number of benzene rings is 2. The molecule has 0 fully saturated rings. The number of nitrogens with zero attached hydrogens (tertiary/aromatic N) is 4. The average molecular weight is 445 g/mol. The van der Waals surface area contributed by atoms with E-state index in [2.05, 4.69) is 21.1 Å². The largest absolute Gasteiger partial charge is 0.859 e. The summed E-state index contributed by atoms with van der Waals surface area (Å²) in [5, 5.41) is 69.6.